The Morgan fingerprint density at radius 3 is 2.90 bits per heavy atom. The third kappa shape index (κ3) is 2.76. The summed E-state index contributed by atoms with van der Waals surface area (Å²) >= 11 is 6.00. The molecule has 1 saturated heterocycles. The Bertz CT molecular complexity index is 536. The molecule has 0 saturated carbocycles. The molecule has 0 spiro atoms. The van der Waals surface area contributed by atoms with Gasteiger partial charge < -0.3 is 10.6 Å². The normalized spacial score (nSPS) is 18.9. The number of amides is 1. The van der Waals surface area contributed by atoms with Gasteiger partial charge in [-0.25, -0.2) is 0 Å². The zero-order chi connectivity index (χ0) is 14.7. The molecule has 1 fully saturated rings. The fourth-order valence-electron chi connectivity index (χ4n) is 2.53. The Balaban J connectivity index is 2.40. The van der Waals surface area contributed by atoms with Crippen molar-refractivity contribution < 1.29 is 9.72 Å². The van der Waals surface area contributed by atoms with Gasteiger partial charge in [0.2, 0.25) is 0 Å². The van der Waals surface area contributed by atoms with E-state index in [1.807, 2.05) is 0 Å². The lowest BCUT2D eigenvalue weighted by molar-refractivity contribution is -0.385. The van der Waals surface area contributed by atoms with Crippen molar-refractivity contribution in [3.63, 3.8) is 0 Å². The molecule has 6 nitrogen and oxygen atoms in total. The van der Waals surface area contributed by atoms with Crippen LogP contribution in [0.1, 0.15) is 29.6 Å². The van der Waals surface area contributed by atoms with Crippen LogP contribution in [0.25, 0.3) is 0 Å². The monoisotopic (exact) mass is 297 g/mol. The minimum Gasteiger partial charge on any atom is -0.334 e. The van der Waals surface area contributed by atoms with Gasteiger partial charge in [0.05, 0.1) is 9.95 Å². The quantitative estimate of drug-likeness (QED) is 0.684. The molecular formula is C13H16ClN3O3. The third-order valence-corrected chi connectivity index (χ3v) is 3.88. The van der Waals surface area contributed by atoms with Crippen LogP contribution in [0, 0.1) is 10.1 Å². The number of hydrogen-bond donors (Lipinski definition) is 1. The zero-order valence-electron chi connectivity index (χ0n) is 10.9. The van der Waals surface area contributed by atoms with Crippen molar-refractivity contribution in [1.29, 1.82) is 0 Å². The molecule has 1 amide bonds. The van der Waals surface area contributed by atoms with Gasteiger partial charge in [-0.15, -0.1) is 0 Å². The van der Waals surface area contributed by atoms with Crippen LogP contribution in [-0.2, 0) is 0 Å². The minimum absolute atomic E-state index is 0.0421. The van der Waals surface area contributed by atoms with E-state index in [1.165, 1.54) is 18.2 Å². The summed E-state index contributed by atoms with van der Waals surface area (Å²) in [5, 5.41) is 11.2. The highest BCUT2D eigenvalue weighted by Crippen LogP contribution is 2.29. The number of nitro groups is 1. The van der Waals surface area contributed by atoms with E-state index in [0.29, 0.717) is 13.1 Å². The van der Waals surface area contributed by atoms with Crippen molar-refractivity contribution >= 4 is 23.2 Å². The number of nitrogens with two attached hydrogens (primary N) is 1. The van der Waals surface area contributed by atoms with Gasteiger partial charge in [-0.3, -0.25) is 14.9 Å². The molecule has 7 heteroatoms. The maximum absolute atomic E-state index is 12.6. The van der Waals surface area contributed by atoms with Gasteiger partial charge in [0.15, 0.2) is 0 Å². The van der Waals surface area contributed by atoms with Gasteiger partial charge in [-0.1, -0.05) is 17.7 Å². The first-order valence-electron chi connectivity index (χ1n) is 6.50. The van der Waals surface area contributed by atoms with Crippen LogP contribution in [-0.4, -0.2) is 34.9 Å². The van der Waals surface area contributed by atoms with Crippen LogP contribution in [0.3, 0.4) is 0 Å². The zero-order valence-corrected chi connectivity index (χ0v) is 11.7. The molecule has 2 rings (SSSR count). The Morgan fingerprint density at radius 1 is 1.50 bits per heavy atom. The van der Waals surface area contributed by atoms with Crippen LogP contribution in [0.5, 0.6) is 0 Å². The summed E-state index contributed by atoms with van der Waals surface area (Å²) in [5.41, 5.74) is 5.38. The number of benzene rings is 1. The lowest BCUT2D eigenvalue weighted by Gasteiger charge is -2.35. The maximum atomic E-state index is 12.6. The molecule has 1 aliphatic heterocycles. The summed E-state index contributed by atoms with van der Waals surface area (Å²) < 4.78 is 0. The van der Waals surface area contributed by atoms with Crippen molar-refractivity contribution in [3.8, 4) is 0 Å². The summed E-state index contributed by atoms with van der Waals surface area (Å²) in [4.78, 5) is 24.7. The molecule has 108 valence electrons. The summed E-state index contributed by atoms with van der Waals surface area (Å²) in [6.07, 6.45) is 2.71. The molecule has 1 aliphatic rings. The predicted molar refractivity (Wildman–Crippen MR) is 75.8 cm³/mol. The van der Waals surface area contributed by atoms with Crippen LogP contribution >= 0.6 is 11.6 Å². The first-order valence-corrected chi connectivity index (χ1v) is 6.88. The molecule has 0 radical (unpaired) electrons. The van der Waals surface area contributed by atoms with Crippen molar-refractivity contribution in [3.05, 3.63) is 38.9 Å². The van der Waals surface area contributed by atoms with Crippen molar-refractivity contribution in [2.45, 2.75) is 25.3 Å². The van der Waals surface area contributed by atoms with Crippen LogP contribution < -0.4 is 5.73 Å². The van der Waals surface area contributed by atoms with Crippen LogP contribution in [0.15, 0.2) is 18.2 Å². The molecule has 0 bridgehead atoms. The van der Waals surface area contributed by atoms with E-state index in [1.54, 1.807) is 4.90 Å². The molecule has 1 aromatic carbocycles. The number of carbonyl (C=O) groups excluding carboxylic acids is 1. The lowest BCUT2D eigenvalue weighted by atomic mass is 10.0. The topological polar surface area (TPSA) is 89.5 Å². The van der Waals surface area contributed by atoms with Gasteiger partial charge in [-0.2, -0.15) is 0 Å². The van der Waals surface area contributed by atoms with Crippen LogP contribution in [0.4, 0.5) is 5.69 Å². The Kier molecular flexibility index (Phi) is 4.57. The van der Waals surface area contributed by atoms with E-state index in [4.69, 9.17) is 17.3 Å². The molecule has 0 aliphatic carbocycles. The van der Waals surface area contributed by atoms with Gasteiger partial charge in [0, 0.05) is 25.2 Å². The number of piperidine rings is 1. The highest BCUT2D eigenvalue weighted by atomic mass is 35.5. The van der Waals surface area contributed by atoms with Crippen molar-refractivity contribution in [2.75, 3.05) is 13.1 Å². The fraction of sp³-hybridized carbons (Fsp3) is 0.462. The number of hydrogen-bond acceptors (Lipinski definition) is 4. The van der Waals surface area contributed by atoms with Gasteiger partial charge in [0.1, 0.15) is 5.56 Å². The third-order valence-electron chi connectivity index (χ3n) is 3.56. The molecule has 1 unspecified atom stereocenters. The van der Waals surface area contributed by atoms with Crippen molar-refractivity contribution in [2.24, 2.45) is 5.73 Å². The number of carbonyl (C=O) groups is 1. The van der Waals surface area contributed by atoms with E-state index < -0.39 is 10.8 Å². The second kappa shape index (κ2) is 6.19. The average Bonchev–Trinajstić information content (AvgIpc) is 2.46. The second-order valence-electron chi connectivity index (χ2n) is 4.77. The smallest absolute Gasteiger partial charge is 0.283 e. The Hall–Kier alpha value is -1.66. The summed E-state index contributed by atoms with van der Waals surface area (Å²) in [5.74, 6) is -0.405. The number of rotatable bonds is 3. The predicted octanol–water partition coefficient (Wildman–Crippen LogP) is 2.20. The van der Waals surface area contributed by atoms with E-state index in [9.17, 15) is 14.9 Å². The van der Waals surface area contributed by atoms with Gasteiger partial charge in [0.25, 0.3) is 11.6 Å². The minimum atomic E-state index is -0.583. The standard InChI is InChI=1S/C13H16ClN3O3/c14-10-5-3-6-11(17(19)20)12(10)13(18)16-7-2-1-4-9(16)8-15/h3,5-6,9H,1-2,4,7-8,15H2. The summed E-state index contributed by atoms with van der Waals surface area (Å²) in [7, 11) is 0. The highest BCUT2D eigenvalue weighted by Gasteiger charge is 2.32. The van der Waals surface area contributed by atoms with E-state index >= 15 is 0 Å². The molecule has 20 heavy (non-hydrogen) atoms. The van der Waals surface area contributed by atoms with E-state index in [-0.39, 0.29) is 22.3 Å². The van der Waals surface area contributed by atoms with Crippen LogP contribution in [0.2, 0.25) is 5.02 Å². The summed E-state index contributed by atoms with van der Waals surface area (Å²) in [6, 6.07) is 4.17. The molecular weight excluding hydrogens is 282 g/mol. The highest BCUT2D eigenvalue weighted by molar-refractivity contribution is 6.34. The first-order chi connectivity index (χ1) is 9.56. The largest absolute Gasteiger partial charge is 0.334 e. The molecule has 1 heterocycles. The Labute approximate surface area is 121 Å². The Morgan fingerprint density at radius 2 is 2.25 bits per heavy atom. The first kappa shape index (κ1) is 14.7. The number of halogens is 1. The molecule has 0 aromatic heterocycles. The lowest BCUT2D eigenvalue weighted by Crippen LogP contribution is -2.47. The van der Waals surface area contributed by atoms with Crippen molar-refractivity contribution in [1.82, 2.24) is 4.90 Å². The number of likely N-dealkylation sites (tertiary alicyclic amines) is 1. The summed E-state index contributed by atoms with van der Waals surface area (Å²) in [6.45, 7) is 0.910. The SMILES string of the molecule is NCC1CCCCN1C(=O)c1c(Cl)cccc1[N+](=O)[O-]. The second-order valence-corrected chi connectivity index (χ2v) is 5.18. The van der Waals surface area contributed by atoms with Gasteiger partial charge in [-0.05, 0) is 25.3 Å². The van der Waals surface area contributed by atoms with Gasteiger partial charge >= 0.3 is 0 Å². The number of nitrogens with zero attached hydrogens (tertiary/aromatic N) is 2. The number of nitro benzene ring substituents is 1. The molecule has 1 aromatic rings. The van der Waals surface area contributed by atoms with E-state index in [0.717, 1.165) is 19.3 Å². The average molecular weight is 298 g/mol. The van der Waals surface area contributed by atoms with E-state index in [2.05, 4.69) is 0 Å². The molecule has 2 N–H and O–H groups in total. The molecule has 1 atom stereocenters. The maximum Gasteiger partial charge on any atom is 0.283 e. The fourth-order valence-corrected chi connectivity index (χ4v) is 2.78.